The summed E-state index contributed by atoms with van der Waals surface area (Å²) in [6.45, 7) is 1.73. The Hall–Kier alpha value is -4.17. The van der Waals surface area contributed by atoms with E-state index in [9.17, 15) is 23.9 Å². The smallest absolute Gasteiger partial charge is 0.283 e. The third-order valence-corrected chi connectivity index (χ3v) is 5.33. The molecule has 0 aromatic heterocycles. The number of aromatic hydroxyl groups is 1. The predicted molar refractivity (Wildman–Crippen MR) is 123 cm³/mol. The van der Waals surface area contributed by atoms with Gasteiger partial charge in [0.15, 0.2) is 0 Å². The van der Waals surface area contributed by atoms with E-state index in [4.69, 9.17) is 11.6 Å². The maximum Gasteiger partial charge on any atom is 0.283 e. The van der Waals surface area contributed by atoms with Crippen molar-refractivity contribution in [3.63, 3.8) is 0 Å². The minimum absolute atomic E-state index is 0.0496. The molecule has 3 aromatic carbocycles. The van der Waals surface area contributed by atoms with Gasteiger partial charge in [-0.15, -0.1) is 0 Å². The Bertz CT molecular complexity index is 1340. The van der Waals surface area contributed by atoms with Crippen molar-refractivity contribution >= 4 is 46.4 Å². The fourth-order valence-corrected chi connectivity index (χ4v) is 3.45. The molecular weight excluding hydrogens is 449 g/mol. The monoisotopic (exact) mass is 465 g/mol. The van der Waals surface area contributed by atoms with E-state index in [1.165, 1.54) is 30.3 Å². The zero-order valence-electron chi connectivity index (χ0n) is 17.2. The SMILES string of the molecule is Cc1ccc(NC(=O)c2cccc(NC3=C(Cl)C(=O)N(c4ccccc4F)C3=O)c2)cc1O. The lowest BCUT2D eigenvalue weighted by Gasteiger charge is -2.15. The van der Waals surface area contributed by atoms with Crippen LogP contribution in [0.15, 0.2) is 77.5 Å². The summed E-state index contributed by atoms with van der Waals surface area (Å²) in [5.41, 5.74) is 1.20. The fourth-order valence-electron chi connectivity index (χ4n) is 3.24. The number of rotatable bonds is 5. The predicted octanol–water partition coefficient (Wildman–Crippen LogP) is 4.53. The average molecular weight is 466 g/mol. The van der Waals surface area contributed by atoms with Crippen molar-refractivity contribution < 1.29 is 23.9 Å². The molecule has 0 unspecified atom stereocenters. The summed E-state index contributed by atoms with van der Waals surface area (Å²) in [6.07, 6.45) is 0. The van der Waals surface area contributed by atoms with E-state index in [1.807, 2.05) is 0 Å². The van der Waals surface area contributed by atoms with Crippen molar-refractivity contribution in [3.8, 4) is 5.75 Å². The third kappa shape index (κ3) is 4.28. The highest BCUT2D eigenvalue weighted by atomic mass is 35.5. The number of para-hydroxylation sites is 1. The first-order valence-corrected chi connectivity index (χ1v) is 10.1. The first-order valence-electron chi connectivity index (χ1n) is 9.77. The van der Waals surface area contributed by atoms with Crippen LogP contribution in [-0.4, -0.2) is 22.8 Å². The van der Waals surface area contributed by atoms with Crippen LogP contribution in [0.3, 0.4) is 0 Å². The van der Waals surface area contributed by atoms with Gasteiger partial charge in [-0.05, 0) is 48.9 Å². The number of anilines is 3. The summed E-state index contributed by atoms with van der Waals surface area (Å²) in [5, 5.41) is 14.8. The number of carbonyl (C=O) groups is 3. The Balaban J connectivity index is 1.55. The minimum Gasteiger partial charge on any atom is -0.508 e. The van der Waals surface area contributed by atoms with Crippen LogP contribution in [0.5, 0.6) is 5.75 Å². The lowest BCUT2D eigenvalue weighted by molar-refractivity contribution is -0.120. The number of benzene rings is 3. The summed E-state index contributed by atoms with van der Waals surface area (Å²) >= 11 is 6.09. The number of nitrogens with one attached hydrogen (secondary N) is 2. The first kappa shape index (κ1) is 22.0. The highest BCUT2D eigenvalue weighted by Crippen LogP contribution is 2.31. The Labute approximate surface area is 193 Å². The second kappa shape index (κ2) is 8.76. The summed E-state index contributed by atoms with van der Waals surface area (Å²) in [4.78, 5) is 38.6. The second-order valence-electron chi connectivity index (χ2n) is 7.25. The number of amides is 3. The average Bonchev–Trinajstić information content (AvgIpc) is 3.00. The van der Waals surface area contributed by atoms with Gasteiger partial charge in [-0.1, -0.05) is 35.9 Å². The molecule has 1 aliphatic rings. The van der Waals surface area contributed by atoms with Crippen molar-refractivity contribution in [1.29, 1.82) is 0 Å². The number of phenolic OH excluding ortho intramolecular Hbond substituents is 1. The van der Waals surface area contributed by atoms with Gasteiger partial charge in [0.25, 0.3) is 17.7 Å². The maximum atomic E-state index is 14.1. The summed E-state index contributed by atoms with van der Waals surface area (Å²) in [6, 6.07) is 16.3. The number of hydrogen-bond acceptors (Lipinski definition) is 5. The molecule has 0 bridgehead atoms. The molecule has 7 nitrogen and oxygen atoms in total. The number of carbonyl (C=O) groups excluding carboxylic acids is 3. The zero-order valence-corrected chi connectivity index (χ0v) is 18.0. The lowest BCUT2D eigenvalue weighted by Crippen LogP contribution is -2.33. The third-order valence-electron chi connectivity index (χ3n) is 4.98. The van der Waals surface area contributed by atoms with Gasteiger partial charge in [-0.2, -0.15) is 0 Å². The van der Waals surface area contributed by atoms with E-state index in [0.29, 0.717) is 21.8 Å². The molecule has 1 aliphatic heterocycles. The molecule has 3 N–H and O–H groups in total. The van der Waals surface area contributed by atoms with Gasteiger partial charge in [0.05, 0.1) is 5.69 Å². The maximum absolute atomic E-state index is 14.1. The van der Waals surface area contributed by atoms with Gasteiger partial charge in [0.2, 0.25) is 0 Å². The van der Waals surface area contributed by atoms with E-state index in [1.54, 1.807) is 37.3 Å². The Morgan fingerprint density at radius 2 is 1.73 bits per heavy atom. The fraction of sp³-hybridized carbons (Fsp3) is 0.0417. The number of hydrogen-bond donors (Lipinski definition) is 3. The summed E-state index contributed by atoms with van der Waals surface area (Å²) < 4.78 is 14.1. The van der Waals surface area contributed by atoms with Crippen LogP contribution in [0, 0.1) is 12.7 Å². The molecule has 0 saturated heterocycles. The van der Waals surface area contributed by atoms with Crippen LogP contribution in [-0.2, 0) is 9.59 Å². The molecule has 9 heteroatoms. The number of imide groups is 1. The van der Waals surface area contributed by atoms with Gasteiger partial charge < -0.3 is 15.7 Å². The molecule has 1 heterocycles. The first-order chi connectivity index (χ1) is 15.8. The minimum atomic E-state index is -0.859. The molecule has 166 valence electrons. The van der Waals surface area contributed by atoms with Crippen LogP contribution in [0.25, 0.3) is 0 Å². The lowest BCUT2D eigenvalue weighted by atomic mass is 10.1. The number of halogens is 2. The summed E-state index contributed by atoms with van der Waals surface area (Å²) in [7, 11) is 0. The van der Waals surface area contributed by atoms with Crippen LogP contribution in [0.1, 0.15) is 15.9 Å². The van der Waals surface area contributed by atoms with Crippen molar-refractivity contribution in [1.82, 2.24) is 0 Å². The van der Waals surface area contributed by atoms with Gasteiger partial charge in [0.1, 0.15) is 22.3 Å². The molecule has 0 radical (unpaired) electrons. The normalized spacial score (nSPS) is 13.5. The molecule has 0 spiro atoms. The van der Waals surface area contributed by atoms with Crippen LogP contribution >= 0.6 is 11.6 Å². The van der Waals surface area contributed by atoms with Crippen molar-refractivity contribution in [2.75, 3.05) is 15.5 Å². The number of phenols is 1. The topological polar surface area (TPSA) is 98.7 Å². The second-order valence-corrected chi connectivity index (χ2v) is 7.63. The van der Waals surface area contributed by atoms with Gasteiger partial charge in [-0.3, -0.25) is 14.4 Å². The Morgan fingerprint density at radius 1 is 0.970 bits per heavy atom. The van der Waals surface area contributed by atoms with Crippen molar-refractivity contribution in [2.45, 2.75) is 6.92 Å². The van der Waals surface area contributed by atoms with Gasteiger partial charge in [0, 0.05) is 23.0 Å². The van der Waals surface area contributed by atoms with E-state index in [-0.39, 0.29) is 22.7 Å². The molecule has 33 heavy (non-hydrogen) atoms. The molecule has 3 amide bonds. The highest BCUT2D eigenvalue weighted by Gasteiger charge is 2.40. The molecule has 0 saturated carbocycles. The van der Waals surface area contributed by atoms with Gasteiger partial charge in [-0.25, -0.2) is 9.29 Å². The number of aryl methyl sites for hydroxylation is 1. The largest absolute Gasteiger partial charge is 0.508 e. The number of nitrogens with zero attached hydrogens (tertiary/aromatic N) is 1. The molecular formula is C24H17ClFN3O4. The van der Waals surface area contributed by atoms with E-state index >= 15 is 0 Å². The van der Waals surface area contributed by atoms with Gasteiger partial charge >= 0.3 is 0 Å². The Morgan fingerprint density at radius 3 is 2.45 bits per heavy atom. The molecule has 0 aliphatic carbocycles. The van der Waals surface area contributed by atoms with E-state index < -0.39 is 28.6 Å². The van der Waals surface area contributed by atoms with E-state index in [2.05, 4.69) is 10.6 Å². The quantitative estimate of drug-likeness (QED) is 0.481. The summed E-state index contributed by atoms with van der Waals surface area (Å²) in [5.74, 6) is -2.83. The van der Waals surface area contributed by atoms with Crippen LogP contribution in [0.2, 0.25) is 0 Å². The van der Waals surface area contributed by atoms with Crippen molar-refractivity contribution in [3.05, 3.63) is 94.4 Å². The Kier molecular flexibility index (Phi) is 5.85. The molecule has 3 aromatic rings. The molecule has 0 fully saturated rings. The molecule has 4 rings (SSSR count). The van der Waals surface area contributed by atoms with Crippen LogP contribution < -0.4 is 15.5 Å². The van der Waals surface area contributed by atoms with E-state index in [0.717, 1.165) is 6.07 Å². The van der Waals surface area contributed by atoms with Crippen LogP contribution in [0.4, 0.5) is 21.5 Å². The van der Waals surface area contributed by atoms with Crippen molar-refractivity contribution in [2.24, 2.45) is 0 Å². The highest BCUT2D eigenvalue weighted by molar-refractivity contribution is 6.53. The zero-order chi connectivity index (χ0) is 23.7. The molecule has 0 atom stereocenters. The standard InChI is InChI=1S/C24H17ClFN3O4/c1-13-9-10-16(12-19(13)30)28-22(31)14-5-4-6-15(11-14)27-21-20(25)23(32)29(24(21)33)18-8-3-2-7-17(18)26/h2-12,27,30H,1H3,(H,28,31).